The number of esters is 2. The maximum Gasteiger partial charge on any atom is 0.472 e. The summed E-state index contributed by atoms with van der Waals surface area (Å²) < 4.78 is 33.2. The number of carbonyl (C=O) groups excluding carboxylic acids is 2. The molecular weight excluding hydrogens is 1040 g/mol. The van der Waals surface area contributed by atoms with Gasteiger partial charge in [0, 0.05) is 19.4 Å². The molecule has 82 heavy (non-hydrogen) atoms. The fraction of sp³-hybridized carbons (Fsp3) is 0.889. The first-order valence-corrected chi connectivity index (χ1v) is 37.5. The third-order valence-corrected chi connectivity index (χ3v) is 17.3. The van der Waals surface area contributed by atoms with Crippen molar-refractivity contribution < 1.29 is 37.6 Å². The van der Waals surface area contributed by atoms with E-state index in [1.54, 1.807) is 0 Å². The molecule has 2 unspecified atom stereocenters. The van der Waals surface area contributed by atoms with Gasteiger partial charge in [0.25, 0.3) is 0 Å². The van der Waals surface area contributed by atoms with Crippen LogP contribution in [0.15, 0.2) is 36.5 Å². The van der Waals surface area contributed by atoms with Gasteiger partial charge in [-0.05, 0) is 51.4 Å². The van der Waals surface area contributed by atoms with E-state index in [0.29, 0.717) is 6.42 Å². The van der Waals surface area contributed by atoms with Crippen LogP contribution < -0.4 is 5.73 Å². The molecule has 0 saturated heterocycles. The van der Waals surface area contributed by atoms with E-state index in [0.717, 1.165) is 51.4 Å². The summed E-state index contributed by atoms with van der Waals surface area (Å²) in [7, 11) is -4.39. The lowest BCUT2D eigenvalue weighted by molar-refractivity contribution is -0.161. The van der Waals surface area contributed by atoms with Gasteiger partial charge in [-0.1, -0.05) is 352 Å². The standard InChI is InChI=1S/C72H138NO8P/c1-3-5-7-9-11-13-15-17-19-21-23-25-27-29-31-33-34-35-37-38-40-42-44-46-48-50-52-54-56-58-60-62-64-71(74)78-68-70(69-80-82(76,77)79-67-66-73)81-72(75)65-63-61-59-57-55-53-51-49-47-45-43-41-39-36-32-30-28-26-24-22-20-18-16-14-12-10-8-6-4-2/h16,18,22,24,28,30,70H,3-15,17,19-21,23,25-27,29,31-69,73H2,1-2H3,(H,76,77)/b18-16-,24-22-,30-28-. The van der Waals surface area contributed by atoms with Crippen molar-refractivity contribution in [3.63, 3.8) is 0 Å². The number of carbonyl (C=O) groups is 2. The van der Waals surface area contributed by atoms with Gasteiger partial charge in [0.1, 0.15) is 6.61 Å². The minimum Gasteiger partial charge on any atom is -0.462 e. The number of hydrogen-bond donors (Lipinski definition) is 2. The minimum absolute atomic E-state index is 0.0554. The Morgan fingerprint density at radius 3 is 0.939 bits per heavy atom. The van der Waals surface area contributed by atoms with Crippen LogP contribution in [0, 0.1) is 0 Å². The number of phosphoric acid groups is 1. The zero-order chi connectivity index (χ0) is 59.4. The van der Waals surface area contributed by atoms with E-state index in [-0.39, 0.29) is 38.6 Å². The molecule has 10 heteroatoms. The summed E-state index contributed by atoms with van der Waals surface area (Å²) in [4.78, 5) is 35.4. The van der Waals surface area contributed by atoms with Crippen molar-refractivity contribution in [2.24, 2.45) is 5.73 Å². The van der Waals surface area contributed by atoms with E-state index in [9.17, 15) is 19.0 Å². The first-order chi connectivity index (χ1) is 40.3. The highest BCUT2D eigenvalue weighted by atomic mass is 31.2. The second-order valence-electron chi connectivity index (χ2n) is 24.5. The minimum atomic E-state index is -4.39. The van der Waals surface area contributed by atoms with Crippen LogP contribution in [-0.4, -0.2) is 49.3 Å². The van der Waals surface area contributed by atoms with Gasteiger partial charge in [-0.3, -0.25) is 18.6 Å². The normalized spacial score (nSPS) is 13.1. The molecule has 0 aliphatic rings. The van der Waals surface area contributed by atoms with Crippen molar-refractivity contribution in [2.45, 2.75) is 386 Å². The lowest BCUT2D eigenvalue weighted by Gasteiger charge is -2.19. The zero-order valence-corrected chi connectivity index (χ0v) is 55.4. The van der Waals surface area contributed by atoms with Gasteiger partial charge in [0.05, 0.1) is 13.2 Å². The summed E-state index contributed by atoms with van der Waals surface area (Å²) in [5.41, 5.74) is 5.40. The maximum absolute atomic E-state index is 12.8. The number of ether oxygens (including phenoxy) is 2. The lowest BCUT2D eigenvalue weighted by Crippen LogP contribution is -2.29. The predicted molar refractivity (Wildman–Crippen MR) is 354 cm³/mol. The van der Waals surface area contributed by atoms with Crippen LogP contribution in [0.3, 0.4) is 0 Å². The first-order valence-electron chi connectivity index (χ1n) is 36.0. The van der Waals surface area contributed by atoms with Gasteiger partial charge in [-0.15, -0.1) is 0 Å². The fourth-order valence-electron chi connectivity index (χ4n) is 10.9. The Morgan fingerprint density at radius 2 is 0.634 bits per heavy atom. The van der Waals surface area contributed by atoms with Gasteiger partial charge in [-0.25, -0.2) is 4.57 Å². The Hall–Kier alpha value is -1.77. The third-order valence-electron chi connectivity index (χ3n) is 16.3. The monoisotopic (exact) mass is 1180 g/mol. The summed E-state index contributed by atoms with van der Waals surface area (Å²) in [6, 6.07) is 0. The molecule has 9 nitrogen and oxygen atoms in total. The molecule has 0 rings (SSSR count). The quantitative estimate of drug-likeness (QED) is 0.0264. The van der Waals surface area contributed by atoms with E-state index in [4.69, 9.17) is 24.3 Å². The molecule has 0 aliphatic heterocycles. The zero-order valence-electron chi connectivity index (χ0n) is 54.5. The Labute approximate surface area is 509 Å². The highest BCUT2D eigenvalue weighted by molar-refractivity contribution is 7.47. The molecule has 484 valence electrons. The molecule has 0 heterocycles. The summed E-state index contributed by atoms with van der Waals surface area (Å²) >= 11 is 0. The number of hydrogen-bond acceptors (Lipinski definition) is 8. The van der Waals surface area contributed by atoms with Crippen molar-refractivity contribution in [1.29, 1.82) is 0 Å². The molecule has 3 N–H and O–H groups in total. The molecular formula is C72H138NO8P. The van der Waals surface area contributed by atoms with Gasteiger partial charge >= 0.3 is 19.8 Å². The summed E-state index contributed by atoms with van der Waals surface area (Å²) in [5.74, 6) is -0.807. The number of nitrogens with two attached hydrogens (primary N) is 1. The van der Waals surface area contributed by atoms with Crippen molar-refractivity contribution in [1.82, 2.24) is 0 Å². The Morgan fingerprint density at radius 1 is 0.366 bits per heavy atom. The average molecular weight is 1180 g/mol. The maximum atomic E-state index is 12.8. The molecule has 0 spiro atoms. The van der Waals surface area contributed by atoms with Gasteiger partial charge in [0.2, 0.25) is 0 Å². The third kappa shape index (κ3) is 67.4. The fourth-order valence-corrected chi connectivity index (χ4v) is 11.7. The Kier molecular flexibility index (Phi) is 66.9. The molecule has 0 radical (unpaired) electrons. The van der Waals surface area contributed by atoms with Gasteiger partial charge in [0.15, 0.2) is 6.10 Å². The molecule has 2 atom stereocenters. The van der Waals surface area contributed by atoms with Crippen LogP contribution in [-0.2, 0) is 32.7 Å². The summed E-state index contributed by atoms with van der Waals surface area (Å²) in [5, 5.41) is 0. The highest BCUT2D eigenvalue weighted by Crippen LogP contribution is 2.43. The molecule has 0 aliphatic carbocycles. The van der Waals surface area contributed by atoms with E-state index < -0.39 is 26.5 Å². The van der Waals surface area contributed by atoms with E-state index in [1.165, 1.54) is 295 Å². The van der Waals surface area contributed by atoms with Crippen molar-refractivity contribution in [3.8, 4) is 0 Å². The largest absolute Gasteiger partial charge is 0.472 e. The Balaban J connectivity index is 3.82. The topological polar surface area (TPSA) is 134 Å². The molecule has 0 aromatic heterocycles. The Bertz CT molecular complexity index is 1440. The van der Waals surface area contributed by atoms with Crippen LogP contribution in [0.1, 0.15) is 380 Å². The van der Waals surface area contributed by atoms with Crippen LogP contribution in [0.4, 0.5) is 0 Å². The number of phosphoric ester groups is 1. The molecule has 0 aromatic rings. The number of rotatable bonds is 69. The van der Waals surface area contributed by atoms with Crippen molar-refractivity contribution >= 4 is 19.8 Å². The van der Waals surface area contributed by atoms with Gasteiger partial charge < -0.3 is 20.1 Å². The van der Waals surface area contributed by atoms with E-state index in [2.05, 4.69) is 50.3 Å². The van der Waals surface area contributed by atoms with Gasteiger partial charge in [-0.2, -0.15) is 0 Å². The lowest BCUT2D eigenvalue weighted by atomic mass is 10.0. The van der Waals surface area contributed by atoms with Crippen LogP contribution in [0.2, 0.25) is 0 Å². The highest BCUT2D eigenvalue weighted by Gasteiger charge is 2.26. The number of allylic oxidation sites excluding steroid dienone is 6. The second-order valence-corrected chi connectivity index (χ2v) is 25.9. The molecule has 0 saturated carbocycles. The SMILES string of the molecule is CCCCCCC/C=C\C/C=C\C/C=C\CCCCCCCCCCCCCCCCC(=O)OC(COC(=O)CCCCCCCCCCCCCCCCCCCCCCCCCCCCCCCCCC)COP(=O)(O)OCCN. The van der Waals surface area contributed by atoms with Crippen LogP contribution >= 0.6 is 7.82 Å². The smallest absolute Gasteiger partial charge is 0.462 e. The molecule has 0 aromatic carbocycles. The summed E-state index contributed by atoms with van der Waals surface area (Å²) in [6.07, 6.45) is 85.4. The second kappa shape index (κ2) is 68.3. The van der Waals surface area contributed by atoms with Crippen molar-refractivity contribution in [2.75, 3.05) is 26.4 Å². The van der Waals surface area contributed by atoms with E-state index in [1.807, 2.05) is 0 Å². The van der Waals surface area contributed by atoms with Crippen molar-refractivity contribution in [3.05, 3.63) is 36.5 Å². The molecule has 0 bridgehead atoms. The molecule has 0 amide bonds. The average Bonchev–Trinajstić information content (AvgIpc) is 3.48. The summed E-state index contributed by atoms with van der Waals surface area (Å²) in [6.45, 7) is 3.81. The molecule has 0 fully saturated rings. The number of unbranched alkanes of at least 4 members (excludes halogenated alkanes) is 50. The van der Waals surface area contributed by atoms with Crippen LogP contribution in [0.5, 0.6) is 0 Å². The first kappa shape index (κ1) is 80.2. The van der Waals surface area contributed by atoms with Crippen LogP contribution in [0.25, 0.3) is 0 Å². The predicted octanol–water partition coefficient (Wildman–Crippen LogP) is 23.5. The van der Waals surface area contributed by atoms with E-state index >= 15 is 0 Å².